The molecule has 1 aromatic heterocycles. The van der Waals surface area contributed by atoms with E-state index in [0.29, 0.717) is 39.6 Å². The van der Waals surface area contributed by atoms with E-state index in [2.05, 4.69) is 5.32 Å². The van der Waals surface area contributed by atoms with Crippen molar-refractivity contribution in [3.8, 4) is 33.8 Å². The molecule has 4 rings (SSSR count). The van der Waals surface area contributed by atoms with Crippen LogP contribution < -0.4 is 14.8 Å². The summed E-state index contributed by atoms with van der Waals surface area (Å²) in [5, 5.41) is 32.9. The first kappa shape index (κ1) is 34.0. The highest BCUT2D eigenvalue weighted by Gasteiger charge is 2.29. The Bertz CT molecular complexity index is 1680. The number of carboxylic acids is 1. The van der Waals surface area contributed by atoms with Gasteiger partial charge in [-0.1, -0.05) is 54.6 Å². The molecule has 2 atom stereocenters. The Morgan fingerprint density at radius 2 is 1.57 bits per heavy atom. The van der Waals surface area contributed by atoms with E-state index in [-0.39, 0.29) is 24.9 Å². The first-order valence-electron chi connectivity index (χ1n) is 14.9. The van der Waals surface area contributed by atoms with E-state index in [9.17, 15) is 24.2 Å². The van der Waals surface area contributed by atoms with Crippen LogP contribution in [0.5, 0.6) is 11.5 Å². The molecule has 0 bridgehead atoms. The van der Waals surface area contributed by atoms with Crippen LogP contribution >= 0.6 is 0 Å². The lowest BCUT2D eigenvalue weighted by molar-refractivity contribution is -0.139. The van der Waals surface area contributed by atoms with Crippen molar-refractivity contribution in [3.63, 3.8) is 0 Å². The van der Waals surface area contributed by atoms with E-state index in [1.54, 1.807) is 37.5 Å². The molecule has 0 unspecified atom stereocenters. The fraction of sp³-hybridized carbons (Fsp3) is 0.278. The van der Waals surface area contributed by atoms with Gasteiger partial charge >= 0.3 is 5.97 Å². The van der Waals surface area contributed by atoms with Gasteiger partial charge in [0, 0.05) is 35.8 Å². The molecular formula is C36H39FN2O7. The number of aromatic nitrogens is 1. The SMILES string of the molecule is COc1ccc(CNC(=O)c2c(-c3ccccc3)c(-c3ccc(F)cc3)c(/C=C/[C@@H](O)C[C@@H](O)CC(=O)O)n2C(C)C)cc1OC. The van der Waals surface area contributed by atoms with Crippen LogP contribution in [-0.2, 0) is 11.3 Å². The van der Waals surface area contributed by atoms with E-state index in [1.807, 2.05) is 54.8 Å². The van der Waals surface area contributed by atoms with Crippen LogP contribution in [0, 0.1) is 5.82 Å². The first-order chi connectivity index (χ1) is 22.0. The molecule has 9 nitrogen and oxygen atoms in total. The van der Waals surface area contributed by atoms with Gasteiger partial charge in [-0.3, -0.25) is 9.59 Å². The van der Waals surface area contributed by atoms with Gasteiger partial charge in [0.25, 0.3) is 5.91 Å². The molecule has 0 aliphatic rings. The standard InChI is InChI=1S/C36H39FN2O7/c1-22(2)39-29(16-15-27(40)19-28(41)20-32(42)43)33(25-11-13-26(37)14-12-25)34(24-8-6-5-7-9-24)35(39)36(44)38-21-23-10-17-30(45-3)31(18-23)46-4/h5-18,22,27-28,40-41H,19-21H2,1-4H3,(H,38,44)(H,42,43)/b16-15+/t27-,28-/m1/s1. The molecule has 0 spiro atoms. The molecule has 0 fully saturated rings. The van der Waals surface area contributed by atoms with Gasteiger partial charge in [-0.2, -0.15) is 0 Å². The molecule has 242 valence electrons. The number of carboxylic acid groups (broad SMARTS) is 1. The predicted molar refractivity (Wildman–Crippen MR) is 174 cm³/mol. The Kier molecular flexibility index (Phi) is 11.3. The lowest BCUT2D eigenvalue weighted by Gasteiger charge is -2.17. The molecule has 0 aliphatic heterocycles. The molecule has 3 aromatic carbocycles. The summed E-state index contributed by atoms with van der Waals surface area (Å²) in [5.74, 6) is -0.852. The summed E-state index contributed by atoms with van der Waals surface area (Å²) >= 11 is 0. The number of halogens is 1. The number of aliphatic hydroxyl groups is 2. The number of aliphatic hydroxyl groups excluding tert-OH is 2. The van der Waals surface area contributed by atoms with Crippen molar-refractivity contribution < 1.29 is 38.8 Å². The van der Waals surface area contributed by atoms with Crippen LogP contribution in [0.4, 0.5) is 4.39 Å². The third kappa shape index (κ3) is 8.01. The molecule has 0 saturated carbocycles. The normalized spacial score (nSPS) is 12.7. The molecular weight excluding hydrogens is 591 g/mol. The van der Waals surface area contributed by atoms with Crippen LogP contribution in [0.1, 0.15) is 54.5 Å². The van der Waals surface area contributed by atoms with Gasteiger partial charge in [0.2, 0.25) is 0 Å². The number of amides is 1. The Hall–Kier alpha value is -4.93. The van der Waals surface area contributed by atoms with E-state index in [1.165, 1.54) is 25.3 Å². The molecule has 0 saturated heterocycles. The van der Waals surface area contributed by atoms with E-state index in [4.69, 9.17) is 14.6 Å². The van der Waals surface area contributed by atoms with Gasteiger partial charge in [0.05, 0.1) is 32.8 Å². The van der Waals surface area contributed by atoms with Gasteiger partial charge in [-0.25, -0.2) is 4.39 Å². The average Bonchev–Trinajstić information content (AvgIpc) is 3.38. The lowest BCUT2D eigenvalue weighted by Crippen LogP contribution is -2.27. The van der Waals surface area contributed by atoms with E-state index in [0.717, 1.165) is 11.1 Å². The number of nitrogens with zero attached hydrogens (tertiary/aromatic N) is 1. The van der Waals surface area contributed by atoms with Crippen molar-refractivity contribution in [2.75, 3.05) is 14.2 Å². The van der Waals surface area contributed by atoms with Crippen LogP contribution in [0.15, 0.2) is 78.9 Å². The number of aliphatic carboxylic acids is 1. The fourth-order valence-electron chi connectivity index (χ4n) is 5.43. The Labute approximate surface area is 267 Å². The molecule has 10 heteroatoms. The number of carbonyl (C=O) groups is 2. The smallest absolute Gasteiger partial charge is 0.305 e. The maximum atomic E-state index is 14.2. The molecule has 1 amide bonds. The van der Waals surface area contributed by atoms with Crippen molar-refractivity contribution in [2.45, 2.75) is 51.5 Å². The summed E-state index contributed by atoms with van der Waals surface area (Å²) < 4.78 is 26.7. The number of rotatable bonds is 14. The predicted octanol–water partition coefficient (Wildman–Crippen LogP) is 6.09. The second kappa shape index (κ2) is 15.4. The largest absolute Gasteiger partial charge is 0.493 e. The van der Waals surface area contributed by atoms with Gasteiger partial charge < -0.3 is 34.7 Å². The fourth-order valence-corrected chi connectivity index (χ4v) is 5.43. The van der Waals surface area contributed by atoms with E-state index < -0.39 is 30.4 Å². The van der Waals surface area contributed by atoms with Gasteiger partial charge in [-0.05, 0) is 60.9 Å². The van der Waals surface area contributed by atoms with Crippen LogP contribution in [0.25, 0.3) is 28.3 Å². The highest BCUT2D eigenvalue weighted by Crippen LogP contribution is 2.42. The summed E-state index contributed by atoms with van der Waals surface area (Å²) in [5.41, 5.74) is 4.39. The molecule has 4 aromatic rings. The highest BCUT2D eigenvalue weighted by atomic mass is 19.1. The van der Waals surface area contributed by atoms with Crippen molar-refractivity contribution in [2.24, 2.45) is 0 Å². The monoisotopic (exact) mass is 630 g/mol. The maximum absolute atomic E-state index is 14.2. The van der Waals surface area contributed by atoms with Gasteiger partial charge in [-0.15, -0.1) is 0 Å². The summed E-state index contributed by atoms with van der Waals surface area (Å²) in [4.78, 5) is 25.3. The topological polar surface area (TPSA) is 130 Å². The minimum atomic E-state index is -1.25. The molecule has 4 N–H and O–H groups in total. The maximum Gasteiger partial charge on any atom is 0.305 e. The van der Waals surface area contributed by atoms with Crippen LogP contribution in [-0.4, -0.2) is 58.2 Å². The second-order valence-corrected chi connectivity index (χ2v) is 11.1. The van der Waals surface area contributed by atoms with Crippen molar-refractivity contribution in [1.29, 1.82) is 0 Å². The Morgan fingerprint density at radius 1 is 0.913 bits per heavy atom. The third-order valence-electron chi connectivity index (χ3n) is 7.47. The number of carbonyl (C=O) groups excluding carboxylic acids is 1. The average molecular weight is 631 g/mol. The van der Waals surface area contributed by atoms with Gasteiger partial charge in [0.15, 0.2) is 11.5 Å². The molecule has 1 heterocycles. The number of hydrogen-bond acceptors (Lipinski definition) is 6. The number of benzene rings is 3. The third-order valence-corrected chi connectivity index (χ3v) is 7.47. The van der Waals surface area contributed by atoms with Gasteiger partial charge in [0.1, 0.15) is 11.5 Å². The van der Waals surface area contributed by atoms with Crippen molar-refractivity contribution in [3.05, 3.63) is 102 Å². The van der Waals surface area contributed by atoms with Crippen LogP contribution in [0.2, 0.25) is 0 Å². The first-order valence-corrected chi connectivity index (χ1v) is 14.9. The second-order valence-electron chi connectivity index (χ2n) is 11.1. The summed E-state index contributed by atoms with van der Waals surface area (Å²) in [6, 6.07) is 20.5. The van der Waals surface area contributed by atoms with E-state index >= 15 is 0 Å². The number of nitrogens with one attached hydrogen (secondary N) is 1. The van der Waals surface area contributed by atoms with Crippen LogP contribution in [0.3, 0.4) is 0 Å². The van der Waals surface area contributed by atoms with Crippen molar-refractivity contribution >= 4 is 18.0 Å². The molecule has 46 heavy (non-hydrogen) atoms. The quantitative estimate of drug-likeness (QED) is 0.133. The number of hydrogen-bond donors (Lipinski definition) is 4. The molecule has 0 radical (unpaired) electrons. The number of methoxy groups -OCH3 is 2. The Balaban J connectivity index is 1.88. The molecule has 0 aliphatic carbocycles. The summed E-state index contributed by atoms with van der Waals surface area (Å²) in [7, 11) is 3.09. The number of ether oxygens (including phenoxy) is 2. The zero-order valence-electron chi connectivity index (χ0n) is 26.2. The Morgan fingerprint density at radius 3 is 2.17 bits per heavy atom. The summed E-state index contributed by atoms with van der Waals surface area (Å²) in [6.07, 6.45) is 0.00969. The minimum absolute atomic E-state index is 0.188. The lowest BCUT2D eigenvalue weighted by atomic mass is 9.94. The highest BCUT2D eigenvalue weighted by molar-refractivity contribution is 6.06. The summed E-state index contributed by atoms with van der Waals surface area (Å²) in [6.45, 7) is 4.05. The zero-order valence-corrected chi connectivity index (χ0v) is 26.2. The van der Waals surface area contributed by atoms with Crippen molar-refractivity contribution in [1.82, 2.24) is 9.88 Å². The zero-order chi connectivity index (χ0) is 33.4. The minimum Gasteiger partial charge on any atom is -0.493 e.